The van der Waals surface area contributed by atoms with E-state index in [2.05, 4.69) is 4.98 Å². The van der Waals surface area contributed by atoms with E-state index < -0.39 is 24.0 Å². The summed E-state index contributed by atoms with van der Waals surface area (Å²) in [5, 5.41) is 9.07. The predicted molar refractivity (Wildman–Crippen MR) is 72.4 cm³/mol. The van der Waals surface area contributed by atoms with Crippen molar-refractivity contribution in [1.29, 1.82) is 0 Å². The number of rotatable bonds is 1. The molecule has 0 atom stereocenters. The van der Waals surface area contributed by atoms with Crippen LogP contribution in [0, 0.1) is 0 Å². The summed E-state index contributed by atoms with van der Waals surface area (Å²) in [4.78, 5) is 29.5. The predicted octanol–water partition coefficient (Wildman–Crippen LogP) is 0.868. The Hall–Kier alpha value is -2.30. The zero-order valence-corrected chi connectivity index (χ0v) is 12.5. The molecule has 2 aliphatic heterocycles. The fourth-order valence-corrected chi connectivity index (χ4v) is 2.84. The Morgan fingerprint density at radius 3 is 2.33 bits per heavy atom. The Labute approximate surface area is 134 Å². The van der Waals surface area contributed by atoms with Crippen LogP contribution < -0.4 is 0 Å². The summed E-state index contributed by atoms with van der Waals surface area (Å²) in [5.74, 6) is -1.80. The Bertz CT molecular complexity index is 667. The van der Waals surface area contributed by atoms with Crippen molar-refractivity contribution in [1.82, 2.24) is 19.4 Å². The van der Waals surface area contributed by atoms with Gasteiger partial charge in [0.25, 0.3) is 5.91 Å². The molecule has 1 N–H and O–H groups in total. The van der Waals surface area contributed by atoms with Crippen LogP contribution in [0.3, 0.4) is 0 Å². The van der Waals surface area contributed by atoms with Crippen LogP contribution in [-0.2, 0) is 24.0 Å². The van der Waals surface area contributed by atoms with Crippen LogP contribution in [0.4, 0.5) is 18.0 Å². The molecular weight excluding hydrogens is 333 g/mol. The van der Waals surface area contributed by atoms with E-state index in [1.165, 1.54) is 4.90 Å². The molecule has 0 aromatic carbocycles. The van der Waals surface area contributed by atoms with Crippen molar-refractivity contribution < 1.29 is 32.6 Å². The monoisotopic (exact) mass is 348 g/mol. The van der Waals surface area contributed by atoms with E-state index in [1.807, 2.05) is 0 Å². The summed E-state index contributed by atoms with van der Waals surface area (Å²) in [6.07, 6.45) is -5.97. The second kappa shape index (κ2) is 5.96. The maximum atomic E-state index is 13.2. The highest BCUT2D eigenvalue weighted by Crippen LogP contribution is 2.32. The Balaban J connectivity index is 2.00. The van der Waals surface area contributed by atoms with Gasteiger partial charge in [0.1, 0.15) is 0 Å². The molecule has 0 saturated carbocycles. The molecule has 2 amide bonds. The second-order valence-electron chi connectivity index (χ2n) is 5.49. The third-order valence-electron chi connectivity index (χ3n) is 4.03. The lowest BCUT2D eigenvalue weighted by molar-refractivity contribution is -0.147. The lowest BCUT2D eigenvalue weighted by Crippen LogP contribution is -2.42. The number of amides is 2. The summed E-state index contributed by atoms with van der Waals surface area (Å²) < 4.78 is 45.6. The van der Waals surface area contributed by atoms with Gasteiger partial charge in [0.05, 0.1) is 25.5 Å². The normalized spacial score (nSPS) is 18.5. The van der Waals surface area contributed by atoms with Crippen LogP contribution in [0.1, 0.15) is 22.0 Å². The molecule has 1 saturated heterocycles. The first-order valence-electron chi connectivity index (χ1n) is 7.30. The summed E-state index contributed by atoms with van der Waals surface area (Å²) in [7, 11) is 0. The average molecular weight is 348 g/mol. The Kier molecular flexibility index (Phi) is 4.11. The van der Waals surface area contributed by atoms with E-state index in [0.717, 1.165) is 9.47 Å². The highest BCUT2D eigenvalue weighted by atomic mass is 19.4. The fraction of sp³-hybridized carbons (Fsp3) is 0.615. The van der Waals surface area contributed by atoms with Gasteiger partial charge < -0.3 is 24.2 Å². The van der Waals surface area contributed by atoms with Crippen molar-refractivity contribution in [2.24, 2.45) is 0 Å². The molecule has 24 heavy (non-hydrogen) atoms. The molecule has 2 aliphatic rings. The number of hydrogen-bond donors (Lipinski definition) is 1. The van der Waals surface area contributed by atoms with Crippen molar-refractivity contribution in [2.75, 3.05) is 32.8 Å². The first-order chi connectivity index (χ1) is 11.3. The third kappa shape index (κ3) is 2.90. The number of carbonyl (C=O) groups is 2. The Morgan fingerprint density at radius 1 is 1.08 bits per heavy atom. The fourth-order valence-electron chi connectivity index (χ4n) is 2.84. The minimum absolute atomic E-state index is 0.0209. The zero-order valence-electron chi connectivity index (χ0n) is 12.5. The number of ether oxygens (including phenoxy) is 1. The van der Waals surface area contributed by atoms with Crippen molar-refractivity contribution in [3.05, 3.63) is 17.2 Å². The van der Waals surface area contributed by atoms with Crippen molar-refractivity contribution in [3.63, 3.8) is 0 Å². The summed E-state index contributed by atoms with van der Waals surface area (Å²) >= 11 is 0. The molecule has 132 valence electrons. The number of carboxylic acid groups (broad SMARTS) is 1. The molecule has 0 bridgehead atoms. The number of halogens is 3. The number of aromatic nitrogens is 2. The molecule has 3 rings (SSSR count). The van der Waals surface area contributed by atoms with Gasteiger partial charge in [0.15, 0.2) is 5.69 Å². The van der Waals surface area contributed by atoms with Gasteiger partial charge in [-0.2, -0.15) is 13.2 Å². The van der Waals surface area contributed by atoms with Crippen LogP contribution in [0.15, 0.2) is 0 Å². The lowest BCUT2D eigenvalue weighted by Gasteiger charge is -2.29. The highest BCUT2D eigenvalue weighted by Gasteiger charge is 2.42. The summed E-state index contributed by atoms with van der Waals surface area (Å²) in [5.41, 5.74) is -0.359. The minimum Gasteiger partial charge on any atom is -0.465 e. The van der Waals surface area contributed by atoms with E-state index in [1.54, 1.807) is 0 Å². The third-order valence-corrected chi connectivity index (χ3v) is 4.03. The largest absolute Gasteiger partial charge is 0.465 e. The van der Waals surface area contributed by atoms with Crippen LogP contribution in [0.5, 0.6) is 0 Å². The number of nitrogens with zero attached hydrogens (tertiary/aromatic N) is 4. The summed E-state index contributed by atoms with van der Waals surface area (Å²) in [6, 6.07) is 0. The molecule has 1 aromatic rings. The van der Waals surface area contributed by atoms with Gasteiger partial charge in [-0.15, -0.1) is 0 Å². The molecule has 11 heteroatoms. The molecule has 1 fully saturated rings. The number of fused-ring (bicyclic) bond motifs is 1. The number of carbonyl (C=O) groups excluding carboxylic acids is 1. The molecule has 8 nitrogen and oxygen atoms in total. The van der Waals surface area contributed by atoms with Gasteiger partial charge in [0, 0.05) is 26.2 Å². The van der Waals surface area contributed by atoms with E-state index in [0.29, 0.717) is 13.2 Å². The molecular formula is C13H15F3N4O4. The van der Waals surface area contributed by atoms with Gasteiger partial charge >= 0.3 is 12.3 Å². The molecule has 1 aromatic heterocycles. The van der Waals surface area contributed by atoms with E-state index in [-0.39, 0.29) is 44.1 Å². The molecule has 0 aliphatic carbocycles. The number of alkyl halides is 3. The van der Waals surface area contributed by atoms with E-state index in [4.69, 9.17) is 9.84 Å². The lowest BCUT2D eigenvalue weighted by atomic mass is 10.2. The van der Waals surface area contributed by atoms with E-state index >= 15 is 0 Å². The maximum Gasteiger partial charge on any atom is 0.449 e. The van der Waals surface area contributed by atoms with Crippen LogP contribution in [-0.4, -0.2) is 69.3 Å². The minimum atomic E-state index is -4.72. The van der Waals surface area contributed by atoms with Crippen molar-refractivity contribution in [3.8, 4) is 0 Å². The number of imidazole rings is 1. The van der Waals surface area contributed by atoms with Gasteiger partial charge in [-0.1, -0.05) is 0 Å². The highest BCUT2D eigenvalue weighted by molar-refractivity contribution is 5.94. The second-order valence-corrected chi connectivity index (χ2v) is 5.49. The van der Waals surface area contributed by atoms with Crippen LogP contribution in [0.2, 0.25) is 0 Å². The average Bonchev–Trinajstić information content (AvgIpc) is 2.93. The molecule has 0 spiro atoms. The number of hydrogen-bond acceptors (Lipinski definition) is 4. The topological polar surface area (TPSA) is 87.9 Å². The first-order valence-corrected chi connectivity index (χ1v) is 7.30. The molecule has 3 heterocycles. The first kappa shape index (κ1) is 16.6. The standard InChI is InChI=1S/C13H15F3N4O4/c14-13(15,16)11-17-9(10(21)18-3-5-24-6-4-18)8-7-19(12(22)23)1-2-20(8)11/h1-7H2,(H,22,23). The van der Waals surface area contributed by atoms with Gasteiger partial charge in [0.2, 0.25) is 5.82 Å². The van der Waals surface area contributed by atoms with Crippen LogP contribution in [0.25, 0.3) is 0 Å². The van der Waals surface area contributed by atoms with Gasteiger partial charge in [-0.05, 0) is 0 Å². The molecule has 0 radical (unpaired) electrons. The van der Waals surface area contributed by atoms with Gasteiger partial charge in [-0.25, -0.2) is 9.78 Å². The van der Waals surface area contributed by atoms with Crippen molar-refractivity contribution in [2.45, 2.75) is 19.3 Å². The maximum absolute atomic E-state index is 13.2. The van der Waals surface area contributed by atoms with Crippen molar-refractivity contribution >= 4 is 12.0 Å². The smallest absolute Gasteiger partial charge is 0.449 e. The Morgan fingerprint density at radius 2 is 1.75 bits per heavy atom. The number of morpholine rings is 1. The van der Waals surface area contributed by atoms with Gasteiger partial charge in [-0.3, -0.25) is 4.79 Å². The zero-order chi connectivity index (χ0) is 17.5. The van der Waals surface area contributed by atoms with Crippen LogP contribution >= 0.6 is 0 Å². The summed E-state index contributed by atoms with van der Waals surface area (Å²) in [6.45, 7) is 0.533. The SMILES string of the molecule is O=C(O)N1CCn2c(C(F)(F)F)nc(C(=O)N3CCOCC3)c2C1. The van der Waals surface area contributed by atoms with E-state index in [9.17, 15) is 22.8 Å². The molecule has 0 unspecified atom stereocenters. The quantitative estimate of drug-likeness (QED) is 0.814.